The Labute approximate surface area is 118 Å². The molecule has 1 heterocycles. The Morgan fingerprint density at radius 2 is 2.20 bits per heavy atom. The zero-order valence-electron chi connectivity index (χ0n) is 12.2. The van der Waals surface area contributed by atoms with Crippen LogP contribution in [-0.2, 0) is 6.54 Å². The van der Waals surface area contributed by atoms with Crippen molar-refractivity contribution in [2.45, 2.75) is 45.7 Å². The van der Waals surface area contributed by atoms with E-state index in [1.54, 1.807) is 4.57 Å². The first-order valence-corrected chi connectivity index (χ1v) is 7.59. The Morgan fingerprint density at radius 3 is 2.85 bits per heavy atom. The van der Waals surface area contributed by atoms with E-state index >= 15 is 0 Å². The van der Waals surface area contributed by atoms with Crippen molar-refractivity contribution in [2.75, 3.05) is 6.54 Å². The zero-order chi connectivity index (χ0) is 14.1. The number of hydrogen-bond acceptors (Lipinski definition) is 3. The molecular formula is C16H22N2O2. The second-order valence-corrected chi connectivity index (χ2v) is 5.63. The third-order valence-corrected chi connectivity index (χ3v) is 4.13. The SMILES string of the molecule is CCNC(CC1CC1)c1ccc2c(c1)oc(=O)n2CC. The lowest BCUT2D eigenvalue weighted by Gasteiger charge is -2.18. The third-order valence-electron chi connectivity index (χ3n) is 4.13. The number of rotatable bonds is 6. The quantitative estimate of drug-likeness (QED) is 0.880. The van der Waals surface area contributed by atoms with Gasteiger partial charge in [-0.3, -0.25) is 4.57 Å². The average molecular weight is 274 g/mol. The van der Waals surface area contributed by atoms with E-state index in [4.69, 9.17) is 4.42 Å². The van der Waals surface area contributed by atoms with Gasteiger partial charge in [0.2, 0.25) is 0 Å². The lowest BCUT2D eigenvalue weighted by molar-refractivity contribution is 0.485. The van der Waals surface area contributed by atoms with E-state index in [-0.39, 0.29) is 5.76 Å². The molecule has 0 aliphatic heterocycles. The number of nitrogens with zero attached hydrogens (tertiary/aromatic N) is 1. The molecule has 1 fully saturated rings. The zero-order valence-corrected chi connectivity index (χ0v) is 12.2. The Balaban J connectivity index is 1.95. The van der Waals surface area contributed by atoms with Gasteiger partial charge in [0.1, 0.15) is 0 Å². The maximum atomic E-state index is 11.7. The fourth-order valence-corrected chi connectivity index (χ4v) is 2.87. The van der Waals surface area contributed by atoms with Crippen molar-refractivity contribution in [1.29, 1.82) is 0 Å². The van der Waals surface area contributed by atoms with Crippen LogP contribution < -0.4 is 11.1 Å². The molecule has 1 unspecified atom stereocenters. The molecule has 0 saturated heterocycles. The summed E-state index contributed by atoms with van der Waals surface area (Å²) in [4.78, 5) is 11.7. The Bertz CT molecular complexity index is 652. The first-order chi connectivity index (χ1) is 9.72. The summed E-state index contributed by atoms with van der Waals surface area (Å²) in [6, 6.07) is 6.53. The topological polar surface area (TPSA) is 47.2 Å². The third kappa shape index (κ3) is 2.52. The van der Waals surface area contributed by atoms with Crippen molar-refractivity contribution >= 4 is 11.1 Å². The second-order valence-electron chi connectivity index (χ2n) is 5.63. The van der Waals surface area contributed by atoms with Gasteiger partial charge in [-0.1, -0.05) is 25.8 Å². The van der Waals surface area contributed by atoms with Crippen molar-refractivity contribution in [2.24, 2.45) is 5.92 Å². The highest BCUT2D eigenvalue weighted by molar-refractivity contribution is 5.73. The summed E-state index contributed by atoms with van der Waals surface area (Å²) in [6.07, 6.45) is 3.88. The average Bonchev–Trinajstić information content (AvgIpc) is 3.19. The highest BCUT2D eigenvalue weighted by Crippen LogP contribution is 2.38. The number of hydrogen-bond donors (Lipinski definition) is 1. The molecule has 1 aliphatic carbocycles. The predicted molar refractivity (Wildman–Crippen MR) is 79.9 cm³/mol. The van der Waals surface area contributed by atoms with Crippen LogP contribution in [0, 0.1) is 5.92 Å². The minimum absolute atomic E-state index is 0.262. The van der Waals surface area contributed by atoms with E-state index in [0.29, 0.717) is 18.2 Å². The molecule has 4 nitrogen and oxygen atoms in total. The van der Waals surface area contributed by atoms with E-state index in [2.05, 4.69) is 18.3 Å². The summed E-state index contributed by atoms with van der Waals surface area (Å²) >= 11 is 0. The molecule has 1 aliphatic rings. The molecule has 3 rings (SSSR count). The van der Waals surface area contributed by atoms with Crippen molar-refractivity contribution in [3.63, 3.8) is 0 Å². The molecule has 0 spiro atoms. The lowest BCUT2D eigenvalue weighted by atomic mass is 10.0. The predicted octanol–water partition coefficient (Wildman–Crippen LogP) is 3.07. The van der Waals surface area contributed by atoms with Gasteiger partial charge in [0.05, 0.1) is 5.52 Å². The molecule has 1 atom stereocenters. The number of aromatic nitrogens is 1. The molecular weight excluding hydrogens is 252 g/mol. The fraction of sp³-hybridized carbons (Fsp3) is 0.562. The summed E-state index contributed by atoms with van der Waals surface area (Å²) in [5, 5.41) is 3.54. The van der Waals surface area contributed by atoms with Crippen molar-refractivity contribution in [1.82, 2.24) is 9.88 Å². The van der Waals surface area contributed by atoms with E-state index in [1.165, 1.54) is 24.8 Å². The second kappa shape index (κ2) is 5.44. The minimum Gasteiger partial charge on any atom is -0.408 e. The van der Waals surface area contributed by atoms with Crippen LogP contribution in [0.25, 0.3) is 11.1 Å². The molecule has 2 aromatic rings. The maximum Gasteiger partial charge on any atom is 0.419 e. The van der Waals surface area contributed by atoms with Crippen molar-refractivity contribution < 1.29 is 4.42 Å². The van der Waals surface area contributed by atoms with Gasteiger partial charge in [-0.05, 0) is 43.5 Å². The monoisotopic (exact) mass is 274 g/mol. The van der Waals surface area contributed by atoms with Crippen LogP contribution in [0.1, 0.15) is 44.7 Å². The summed E-state index contributed by atoms with van der Waals surface area (Å²) in [5.41, 5.74) is 2.82. The summed E-state index contributed by atoms with van der Waals surface area (Å²) in [7, 11) is 0. The Morgan fingerprint density at radius 1 is 1.40 bits per heavy atom. The van der Waals surface area contributed by atoms with Crippen molar-refractivity contribution in [3.05, 3.63) is 34.3 Å². The van der Waals surface area contributed by atoms with Crippen LogP contribution in [0.5, 0.6) is 0 Å². The Kier molecular flexibility index (Phi) is 3.66. The van der Waals surface area contributed by atoms with Crippen molar-refractivity contribution in [3.8, 4) is 0 Å². The molecule has 1 aromatic carbocycles. The first kappa shape index (κ1) is 13.4. The molecule has 1 saturated carbocycles. The molecule has 0 radical (unpaired) electrons. The normalized spacial score (nSPS) is 16.7. The number of nitrogens with one attached hydrogen (secondary N) is 1. The van der Waals surface area contributed by atoms with Crippen LogP contribution in [-0.4, -0.2) is 11.1 Å². The van der Waals surface area contributed by atoms with Crippen LogP contribution in [0.2, 0.25) is 0 Å². The lowest BCUT2D eigenvalue weighted by Crippen LogP contribution is -2.21. The van der Waals surface area contributed by atoms with Crippen LogP contribution in [0.15, 0.2) is 27.4 Å². The Hall–Kier alpha value is -1.55. The molecule has 4 heteroatoms. The molecule has 0 amide bonds. The first-order valence-electron chi connectivity index (χ1n) is 7.59. The van der Waals surface area contributed by atoms with Crippen LogP contribution in [0.4, 0.5) is 0 Å². The molecule has 0 bridgehead atoms. The van der Waals surface area contributed by atoms with Crippen LogP contribution >= 0.6 is 0 Å². The van der Waals surface area contributed by atoms with Gasteiger partial charge in [0.15, 0.2) is 5.58 Å². The highest BCUT2D eigenvalue weighted by Gasteiger charge is 2.26. The summed E-state index contributed by atoms with van der Waals surface area (Å²) < 4.78 is 7.03. The maximum absolute atomic E-state index is 11.7. The van der Waals surface area contributed by atoms with E-state index < -0.39 is 0 Å². The molecule has 108 valence electrons. The van der Waals surface area contributed by atoms with Gasteiger partial charge in [0.25, 0.3) is 0 Å². The molecule has 20 heavy (non-hydrogen) atoms. The van der Waals surface area contributed by atoms with E-state index in [0.717, 1.165) is 18.0 Å². The number of benzene rings is 1. The van der Waals surface area contributed by atoms with Gasteiger partial charge in [-0.2, -0.15) is 0 Å². The van der Waals surface area contributed by atoms with Gasteiger partial charge < -0.3 is 9.73 Å². The van der Waals surface area contributed by atoms with E-state index in [9.17, 15) is 4.79 Å². The van der Waals surface area contributed by atoms with Gasteiger partial charge in [0, 0.05) is 12.6 Å². The fourth-order valence-electron chi connectivity index (χ4n) is 2.87. The minimum atomic E-state index is -0.262. The van der Waals surface area contributed by atoms with Crippen LogP contribution in [0.3, 0.4) is 0 Å². The number of oxazole rings is 1. The summed E-state index contributed by atoms with van der Waals surface area (Å²) in [6.45, 7) is 5.68. The smallest absolute Gasteiger partial charge is 0.408 e. The molecule has 1 aromatic heterocycles. The van der Waals surface area contributed by atoms with Gasteiger partial charge in [-0.25, -0.2) is 4.79 Å². The largest absolute Gasteiger partial charge is 0.419 e. The van der Waals surface area contributed by atoms with Gasteiger partial charge >= 0.3 is 5.76 Å². The highest BCUT2D eigenvalue weighted by atomic mass is 16.4. The number of fused-ring (bicyclic) bond motifs is 1. The number of aryl methyl sites for hydroxylation is 1. The summed E-state index contributed by atoms with van der Waals surface area (Å²) in [5.74, 6) is 0.601. The van der Waals surface area contributed by atoms with Gasteiger partial charge in [-0.15, -0.1) is 0 Å². The molecule has 1 N–H and O–H groups in total. The van der Waals surface area contributed by atoms with E-state index in [1.807, 2.05) is 19.1 Å². The standard InChI is InChI=1S/C16H22N2O2/c1-3-17-13(9-11-5-6-11)12-7-8-14-15(10-12)20-16(19)18(14)4-2/h7-8,10-11,13,17H,3-6,9H2,1-2H3.